The summed E-state index contributed by atoms with van der Waals surface area (Å²) in [5, 5.41) is 0. The molecule has 1 aromatic rings. The van der Waals surface area contributed by atoms with Crippen molar-refractivity contribution in [2.75, 3.05) is 6.61 Å². The molecule has 1 aromatic heterocycles. The van der Waals surface area contributed by atoms with E-state index in [0.717, 1.165) is 6.42 Å². The molecule has 1 atom stereocenters. The van der Waals surface area contributed by atoms with Crippen LogP contribution in [0.3, 0.4) is 0 Å². The molecule has 0 saturated heterocycles. The summed E-state index contributed by atoms with van der Waals surface area (Å²) in [7, 11) is 0. The second-order valence-electron chi connectivity index (χ2n) is 4.39. The van der Waals surface area contributed by atoms with Crippen molar-refractivity contribution in [2.45, 2.75) is 33.2 Å². The Kier molecular flexibility index (Phi) is 4.56. The second kappa shape index (κ2) is 5.71. The highest BCUT2D eigenvalue weighted by Crippen LogP contribution is 2.11. The standard InChI is InChI=1S/C12H20N2O/c1-9(2)8-15-12-7-11(4-5-14-12)6-10(3)13/h4-5,7,9-10H,6,8,13H2,1-3H3. The van der Waals surface area contributed by atoms with E-state index in [4.69, 9.17) is 10.5 Å². The van der Waals surface area contributed by atoms with Gasteiger partial charge in [0.05, 0.1) is 6.61 Å². The van der Waals surface area contributed by atoms with Gasteiger partial charge in [0.25, 0.3) is 0 Å². The van der Waals surface area contributed by atoms with Crippen molar-refractivity contribution in [2.24, 2.45) is 11.7 Å². The molecule has 3 heteroatoms. The van der Waals surface area contributed by atoms with E-state index in [0.29, 0.717) is 18.4 Å². The maximum absolute atomic E-state index is 5.74. The van der Waals surface area contributed by atoms with Crippen LogP contribution in [0.15, 0.2) is 18.3 Å². The van der Waals surface area contributed by atoms with Crippen LogP contribution >= 0.6 is 0 Å². The Bertz CT molecular complexity index is 297. The molecule has 0 fully saturated rings. The molecule has 1 unspecified atom stereocenters. The Morgan fingerprint density at radius 3 is 2.73 bits per heavy atom. The zero-order valence-electron chi connectivity index (χ0n) is 9.73. The van der Waals surface area contributed by atoms with E-state index in [1.807, 2.05) is 19.1 Å². The third-order valence-corrected chi connectivity index (χ3v) is 1.92. The van der Waals surface area contributed by atoms with Crippen LogP contribution in [0.4, 0.5) is 0 Å². The largest absolute Gasteiger partial charge is 0.477 e. The molecule has 1 rings (SSSR count). The van der Waals surface area contributed by atoms with Gasteiger partial charge in [-0.2, -0.15) is 0 Å². The van der Waals surface area contributed by atoms with Crippen LogP contribution < -0.4 is 10.5 Å². The number of nitrogens with two attached hydrogens (primary N) is 1. The summed E-state index contributed by atoms with van der Waals surface area (Å²) in [6.07, 6.45) is 2.63. The van der Waals surface area contributed by atoms with Crippen molar-refractivity contribution in [1.29, 1.82) is 0 Å². The third kappa shape index (κ3) is 4.79. The van der Waals surface area contributed by atoms with Gasteiger partial charge in [0.2, 0.25) is 5.88 Å². The number of rotatable bonds is 5. The molecular weight excluding hydrogens is 188 g/mol. The van der Waals surface area contributed by atoms with Crippen LogP contribution in [0.5, 0.6) is 5.88 Å². The Morgan fingerprint density at radius 2 is 2.13 bits per heavy atom. The quantitative estimate of drug-likeness (QED) is 0.805. The summed E-state index contributed by atoms with van der Waals surface area (Å²) in [4.78, 5) is 4.16. The first-order valence-corrected chi connectivity index (χ1v) is 5.41. The van der Waals surface area contributed by atoms with E-state index in [1.54, 1.807) is 6.20 Å². The van der Waals surface area contributed by atoms with E-state index in [-0.39, 0.29) is 6.04 Å². The Labute approximate surface area is 91.7 Å². The Hall–Kier alpha value is -1.09. The lowest BCUT2D eigenvalue weighted by molar-refractivity contribution is 0.261. The fourth-order valence-electron chi connectivity index (χ4n) is 1.28. The minimum atomic E-state index is 0.172. The summed E-state index contributed by atoms with van der Waals surface area (Å²) < 4.78 is 5.54. The van der Waals surface area contributed by atoms with Crippen molar-refractivity contribution < 1.29 is 4.74 Å². The van der Waals surface area contributed by atoms with Gasteiger partial charge in [0.1, 0.15) is 0 Å². The normalized spacial score (nSPS) is 12.9. The topological polar surface area (TPSA) is 48.1 Å². The fourth-order valence-corrected chi connectivity index (χ4v) is 1.28. The second-order valence-corrected chi connectivity index (χ2v) is 4.39. The maximum atomic E-state index is 5.74. The van der Waals surface area contributed by atoms with Gasteiger partial charge in [0.15, 0.2) is 0 Å². The van der Waals surface area contributed by atoms with Crippen LogP contribution in [0, 0.1) is 5.92 Å². The third-order valence-electron chi connectivity index (χ3n) is 1.92. The summed E-state index contributed by atoms with van der Waals surface area (Å²) in [6.45, 7) is 6.93. The van der Waals surface area contributed by atoms with Gasteiger partial charge in [-0.25, -0.2) is 4.98 Å². The molecule has 0 aliphatic carbocycles. The van der Waals surface area contributed by atoms with Crippen molar-refractivity contribution in [3.05, 3.63) is 23.9 Å². The van der Waals surface area contributed by atoms with Crippen molar-refractivity contribution in [3.8, 4) is 5.88 Å². The Morgan fingerprint density at radius 1 is 1.40 bits per heavy atom. The minimum absolute atomic E-state index is 0.172. The molecule has 0 spiro atoms. The lowest BCUT2D eigenvalue weighted by Crippen LogP contribution is -2.17. The number of hydrogen-bond acceptors (Lipinski definition) is 3. The first kappa shape index (κ1) is 12.0. The molecule has 15 heavy (non-hydrogen) atoms. The van der Waals surface area contributed by atoms with Gasteiger partial charge in [-0.05, 0) is 30.9 Å². The lowest BCUT2D eigenvalue weighted by atomic mass is 10.1. The van der Waals surface area contributed by atoms with Gasteiger partial charge in [-0.15, -0.1) is 0 Å². The molecule has 84 valence electrons. The van der Waals surface area contributed by atoms with E-state index in [1.165, 1.54) is 5.56 Å². The molecule has 0 radical (unpaired) electrons. The highest BCUT2D eigenvalue weighted by atomic mass is 16.5. The van der Waals surface area contributed by atoms with Crippen LogP contribution in [-0.2, 0) is 6.42 Å². The molecule has 0 bridgehead atoms. The Balaban J connectivity index is 2.57. The van der Waals surface area contributed by atoms with Crippen molar-refractivity contribution >= 4 is 0 Å². The molecule has 0 aromatic carbocycles. The first-order valence-electron chi connectivity index (χ1n) is 5.41. The molecule has 0 aliphatic rings. The number of aromatic nitrogens is 1. The number of ether oxygens (including phenoxy) is 1. The van der Waals surface area contributed by atoms with Gasteiger partial charge >= 0.3 is 0 Å². The average molecular weight is 208 g/mol. The lowest BCUT2D eigenvalue weighted by Gasteiger charge is -2.09. The first-order chi connectivity index (χ1) is 7.08. The molecule has 0 amide bonds. The van der Waals surface area contributed by atoms with E-state index >= 15 is 0 Å². The molecule has 3 nitrogen and oxygen atoms in total. The van der Waals surface area contributed by atoms with E-state index in [9.17, 15) is 0 Å². The van der Waals surface area contributed by atoms with Crippen LogP contribution in [0.25, 0.3) is 0 Å². The zero-order chi connectivity index (χ0) is 11.3. The minimum Gasteiger partial charge on any atom is -0.477 e. The zero-order valence-corrected chi connectivity index (χ0v) is 9.73. The van der Waals surface area contributed by atoms with Gasteiger partial charge in [-0.3, -0.25) is 0 Å². The highest BCUT2D eigenvalue weighted by molar-refractivity contribution is 5.21. The molecular formula is C12H20N2O. The summed E-state index contributed by atoms with van der Waals surface area (Å²) in [5.41, 5.74) is 6.91. The fraction of sp³-hybridized carbons (Fsp3) is 0.583. The number of nitrogens with zero attached hydrogens (tertiary/aromatic N) is 1. The molecule has 2 N–H and O–H groups in total. The summed E-state index contributed by atoms with van der Waals surface area (Å²) in [5.74, 6) is 1.21. The van der Waals surface area contributed by atoms with E-state index < -0.39 is 0 Å². The molecule has 0 aliphatic heterocycles. The average Bonchev–Trinajstić information content (AvgIpc) is 2.14. The maximum Gasteiger partial charge on any atom is 0.213 e. The summed E-state index contributed by atoms with van der Waals surface area (Å²) >= 11 is 0. The number of hydrogen-bond donors (Lipinski definition) is 1. The SMILES string of the molecule is CC(C)COc1cc(CC(C)N)ccn1. The van der Waals surface area contributed by atoms with Crippen LogP contribution in [0.2, 0.25) is 0 Å². The predicted molar refractivity (Wildman–Crippen MR) is 61.9 cm³/mol. The highest BCUT2D eigenvalue weighted by Gasteiger charge is 2.02. The van der Waals surface area contributed by atoms with Crippen LogP contribution in [0.1, 0.15) is 26.3 Å². The summed E-state index contributed by atoms with van der Waals surface area (Å²) in [6, 6.07) is 4.11. The number of pyridine rings is 1. The van der Waals surface area contributed by atoms with Crippen molar-refractivity contribution in [1.82, 2.24) is 4.98 Å². The van der Waals surface area contributed by atoms with Gasteiger partial charge < -0.3 is 10.5 Å². The smallest absolute Gasteiger partial charge is 0.213 e. The van der Waals surface area contributed by atoms with Crippen molar-refractivity contribution in [3.63, 3.8) is 0 Å². The van der Waals surface area contributed by atoms with Crippen LogP contribution in [-0.4, -0.2) is 17.6 Å². The van der Waals surface area contributed by atoms with E-state index in [2.05, 4.69) is 18.8 Å². The van der Waals surface area contributed by atoms with Gasteiger partial charge in [0, 0.05) is 18.3 Å². The molecule has 0 saturated carbocycles. The monoisotopic (exact) mass is 208 g/mol. The predicted octanol–water partition coefficient (Wildman–Crippen LogP) is 2.01. The molecule has 1 heterocycles. The van der Waals surface area contributed by atoms with Gasteiger partial charge in [-0.1, -0.05) is 13.8 Å².